The summed E-state index contributed by atoms with van der Waals surface area (Å²) in [5.41, 5.74) is 5.15. The highest BCUT2D eigenvalue weighted by atomic mass is 19.4. The van der Waals surface area contributed by atoms with Crippen molar-refractivity contribution in [1.82, 2.24) is 4.90 Å². The number of morpholine rings is 1. The molecule has 1 aromatic carbocycles. The Balaban J connectivity index is 1.78. The largest absolute Gasteiger partial charge is 0.401 e. The average molecular weight is 446 g/mol. The maximum atomic E-state index is 14.6. The van der Waals surface area contributed by atoms with Crippen LogP contribution in [0.4, 0.5) is 28.9 Å². The highest BCUT2D eigenvalue weighted by Crippen LogP contribution is 2.31. The van der Waals surface area contributed by atoms with Gasteiger partial charge in [0.25, 0.3) is 11.8 Å². The number of halogens is 4. The van der Waals surface area contributed by atoms with Gasteiger partial charge in [0.05, 0.1) is 18.8 Å². The Morgan fingerprint density at radius 2 is 2.03 bits per heavy atom. The monoisotopic (exact) mass is 446 g/mol. The number of nitrogens with one attached hydrogen (secondary N) is 1. The lowest BCUT2D eigenvalue weighted by Crippen LogP contribution is -2.59. The third-order valence-corrected chi connectivity index (χ3v) is 5.25. The molecule has 1 aliphatic heterocycles. The fourth-order valence-electron chi connectivity index (χ4n) is 3.59. The summed E-state index contributed by atoms with van der Waals surface area (Å²) in [5, 5.41) is 2.26. The molecular formula is C19H22F4N4O4. The maximum absolute atomic E-state index is 14.6. The van der Waals surface area contributed by atoms with E-state index in [0.29, 0.717) is 19.3 Å². The number of hydrogen-bond donors (Lipinski definition) is 2. The number of nitrogens with two attached hydrogens (primary N) is 1. The predicted molar refractivity (Wildman–Crippen MR) is 102 cm³/mol. The van der Waals surface area contributed by atoms with E-state index in [1.165, 1.54) is 17.0 Å². The van der Waals surface area contributed by atoms with E-state index in [2.05, 4.69) is 5.32 Å². The molecule has 1 aromatic rings. The number of anilines is 2. The number of amides is 3. The summed E-state index contributed by atoms with van der Waals surface area (Å²) < 4.78 is 58.6. The van der Waals surface area contributed by atoms with Gasteiger partial charge in [-0.1, -0.05) is 6.42 Å². The third kappa shape index (κ3) is 5.50. The van der Waals surface area contributed by atoms with Gasteiger partial charge < -0.3 is 20.7 Å². The predicted octanol–water partition coefficient (Wildman–Crippen LogP) is 1.40. The molecule has 1 aliphatic carbocycles. The van der Waals surface area contributed by atoms with Gasteiger partial charge in [-0.25, -0.2) is 4.39 Å². The van der Waals surface area contributed by atoms with Crippen LogP contribution in [0.5, 0.6) is 0 Å². The van der Waals surface area contributed by atoms with E-state index in [9.17, 15) is 31.9 Å². The molecule has 0 spiro atoms. The molecule has 1 heterocycles. The highest BCUT2D eigenvalue weighted by molar-refractivity contribution is 6.09. The number of rotatable bonds is 7. The number of carbonyl (C=O) groups is 3. The molecule has 3 rings (SSSR count). The lowest BCUT2D eigenvalue weighted by molar-refractivity contribution is -0.165. The van der Waals surface area contributed by atoms with Crippen molar-refractivity contribution in [3.63, 3.8) is 0 Å². The summed E-state index contributed by atoms with van der Waals surface area (Å²) in [5.74, 6) is -3.57. The van der Waals surface area contributed by atoms with E-state index in [0.717, 1.165) is 11.0 Å². The van der Waals surface area contributed by atoms with Gasteiger partial charge in [0.2, 0.25) is 5.91 Å². The number of ether oxygens (including phenoxy) is 1. The lowest BCUT2D eigenvalue weighted by atomic mass is 9.90. The van der Waals surface area contributed by atoms with Crippen LogP contribution in [0.15, 0.2) is 18.2 Å². The Hall–Kier alpha value is -2.73. The zero-order valence-corrected chi connectivity index (χ0v) is 16.5. The standard InChI is InChI=1S/C19H22F4N4O4/c20-13-8-11(4-5-14(13)26-6-7-31-9-15(26)28)25-18(30)16(17(24)29)27(10-19(21,22)23)12-2-1-3-12/h4-5,8,12,16H,1-3,6-7,9-10H2,(H2,24,29)(H,25,30)/t16-/m1/s1. The summed E-state index contributed by atoms with van der Waals surface area (Å²) in [6, 6.07) is 0.999. The molecule has 0 aromatic heterocycles. The molecule has 31 heavy (non-hydrogen) atoms. The van der Waals surface area contributed by atoms with Crippen LogP contribution in [0, 0.1) is 5.82 Å². The molecule has 0 radical (unpaired) electrons. The zero-order valence-electron chi connectivity index (χ0n) is 16.5. The number of hydrogen-bond acceptors (Lipinski definition) is 5. The maximum Gasteiger partial charge on any atom is 0.401 e. The van der Waals surface area contributed by atoms with E-state index in [4.69, 9.17) is 10.5 Å². The zero-order chi connectivity index (χ0) is 22.8. The quantitative estimate of drug-likeness (QED) is 0.487. The van der Waals surface area contributed by atoms with E-state index in [1.807, 2.05) is 0 Å². The third-order valence-electron chi connectivity index (χ3n) is 5.25. The first kappa shape index (κ1) is 22.9. The van der Waals surface area contributed by atoms with Crippen molar-refractivity contribution in [2.24, 2.45) is 5.73 Å². The second-order valence-electron chi connectivity index (χ2n) is 7.43. The van der Waals surface area contributed by atoms with Gasteiger partial charge in [-0.3, -0.25) is 19.3 Å². The number of nitrogens with zero attached hydrogens (tertiary/aromatic N) is 2. The molecular weight excluding hydrogens is 424 g/mol. The van der Waals surface area contributed by atoms with Gasteiger partial charge >= 0.3 is 6.18 Å². The first-order valence-electron chi connectivity index (χ1n) is 9.67. The average Bonchev–Trinajstić information content (AvgIpc) is 2.59. The lowest BCUT2D eigenvalue weighted by Gasteiger charge is -2.40. The fraction of sp³-hybridized carbons (Fsp3) is 0.526. The molecule has 0 bridgehead atoms. The van der Waals surface area contributed by atoms with Crippen LogP contribution < -0.4 is 16.0 Å². The van der Waals surface area contributed by atoms with Crippen LogP contribution in [0.1, 0.15) is 19.3 Å². The first-order chi connectivity index (χ1) is 14.6. The van der Waals surface area contributed by atoms with Crippen molar-refractivity contribution in [2.45, 2.75) is 37.5 Å². The summed E-state index contributed by atoms with van der Waals surface area (Å²) in [7, 11) is 0. The second-order valence-corrected chi connectivity index (χ2v) is 7.43. The Bertz CT molecular complexity index is 860. The molecule has 0 unspecified atom stereocenters. The molecule has 1 saturated carbocycles. The number of carbonyl (C=O) groups excluding carboxylic acids is 3. The van der Waals surface area contributed by atoms with Gasteiger partial charge in [-0.2, -0.15) is 13.2 Å². The van der Waals surface area contributed by atoms with Gasteiger partial charge in [0, 0.05) is 18.3 Å². The Labute approximate surface area is 175 Å². The molecule has 2 aliphatic rings. The number of primary amides is 1. The van der Waals surface area contributed by atoms with Crippen molar-refractivity contribution in [1.29, 1.82) is 0 Å². The Morgan fingerprint density at radius 1 is 1.32 bits per heavy atom. The molecule has 3 amide bonds. The van der Waals surface area contributed by atoms with Gasteiger partial charge in [-0.15, -0.1) is 0 Å². The van der Waals surface area contributed by atoms with E-state index < -0.39 is 48.3 Å². The topological polar surface area (TPSA) is 105 Å². The summed E-state index contributed by atoms with van der Waals surface area (Å²) in [6.07, 6.45) is -3.14. The summed E-state index contributed by atoms with van der Waals surface area (Å²) in [4.78, 5) is 38.4. The van der Waals surface area contributed by atoms with Gasteiger partial charge in [-0.05, 0) is 31.0 Å². The van der Waals surface area contributed by atoms with Crippen LogP contribution in [0.3, 0.4) is 0 Å². The normalized spacial score (nSPS) is 18.6. The second kappa shape index (κ2) is 9.18. The first-order valence-corrected chi connectivity index (χ1v) is 9.67. The molecule has 2 fully saturated rings. The van der Waals surface area contributed by atoms with Crippen LogP contribution >= 0.6 is 0 Å². The van der Waals surface area contributed by atoms with Crippen molar-refractivity contribution < 1.29 is 36.7 Å². The van der Waals surface area contributed by atoms with Gasteiger partial charge in [0.15, 0.2) is 6.04 Å². The summed E-state index contributed by atoms with van der Waals surface area (Å²) >= 11 is 0. The van der Waals surface area contributed by atoms with Gasteiger partial charge in [0.1, 0.15) is 12.4 Å². The van der Waals surface area contributed by atoms with E-state index >= 15 is 0 Å². The molecule has 1 atom stereocenters. The fourth-order valence-corrected chi connectivity index (χ4v) is 3.59. The minimum Gasteiger partial charge on any atom is -0.370 e. The minimum absolute atomic E-state index is 0.0223. The number of alkyl halides is 3. The molecule has 170 valence electrons. The molecule has 12 heteroatoms. The van der Waals surface area contributed by atoms with Crippen LogP contribution in [0.25, 0.3) is 0 Å². The highest BCUT2D eigenvalue weighted by Gasteiger charge is 2.44. The van der Waals surface area contributed by atoms with Crippen molar-refractivity contribution >= 4 is 29.1 Å². The minimum atomic E-state index is -4.64. The Morgan fingerprint density at radius 3 is 2.55 bits per heavy atom. The number of benzene rings is 1. The van der Waals surface area contributed by atoms with E-state index in [1.54, 1.807) is 0 Å². The Kier molecular flexibility index (Phi) is 6.80. The molecule has 8 nitrogen and oxygen atoms in total. The van der Waals surface area contributed by atoms with Crippen molar-refractivity contribution in [3.8, 4) is 0 Å². The van der Waals surface area contributed by atoms with Crippen molar-refractivity contribution in [3.05, 3.63) is 24.0 Å². The van der Waals surface area contributed by atoms with Crippen LogP contribution in [-0.2, 0) is 19.1 Å². The SMILES string of the molecule is NC(=O)[C@H](C(=O)Nc1ccc(N2CCOCC2=O)c(F)c1)N(CC(F)(F)F)C1CCC1. The smallest absolute Gasteiger partial charge is 0.370 e. The molecule has 3 N–H and O–H groups in total. The van der Waals surface area contributed by atoms with Crippen molar-refractivity contribution in [2.75, 3.05) is 36.5 Å². The molecule has 1 saturated heterocycles. The van der Waals surface area contributed by atoms with E-state index in [-0.39, 0.29) is 31.1 Å². The van der Waals surface area contributed by atoms with Crippen LogP contribution in [0.2, 0.25) is 0 Å². The summed E-state index contributed by atoms with van der Waals surface area (Å²) in [6.45, 7) is -1.27. The van der Waals surface area contributed by atoms with Crippen LogP contribution in [-0.4, -0.2) is 67.2 Å².